The second kappa shape index (κ2) is 5.31. The molecule has 1 aromatic carbocycles. The zero-order valence-electron chi connectivity index (χ0n) is 12.0. The highest BCUT2D eigenvalue weighted by molar-refractivity contribution is 5.61. The number of nitrogen functional groups attached to an aromatic ring is 1. The van der Waals surface area contributed by atoms with Crippen molar-refractivity contribution in [2.75, 3.05) is 17.7 Å². The van der Waals surface area contributed by atoms with E-state index in [-0.39, 0.29) is 0 Å². The van der Waals surface area contributed by atoms with Gasteiger partial charge in [0.1, 0.15) is 5.82 Å². The summed E-state index contributed by atoms with van der Waals surface area (Å²) in [4.78, 5) is 6.57. The monoisotopic (exact) mass is 255 g/mol. The van der Waals surface area contributed by atoms with Crippen LogP contribution in [0.3, 0.4) is 0 Å². The predicted molar refractivity (Wildman–Crippen MR) is 82.0 cm³/mol. The van der Waals surface area contributed by atoms with Crippen LogP contribution in [-0.2, 0) is 0 Å². The Hall–Kier alpha value is -2.03. The molecule has 0 atom stereocenters. The maximum absolute atomic E-state index is 5.80. The van der Waals surface area contributed by atoms with Gasteiger partial charge in [0.2, 0.25) is 0 Å². The fourth-order valence-corrected chi connectivity index (χ4v) is 1.96. The number of aryl methyl sites for hydroxylation is 1. The van der Waals surface area contributed by atoms with Crippen molar-refractivity contribution in [2.24, 2.45) is 0 Å². The number of nitrogens with two attached hydrogens (primary N) is 1. The molecule has 2 aromatic rings. The molecule has 0 bridgehead atoms. The molecular formula is C16H21N3. The number of hydrogen-bond acceptors (Lipinski definition) is 3. The largest absolute Gasteiger partial charge is 0.397 e. The van der Waals surface area contributed by atoms with E-state index in [9.17, 15) is 0 Å². The van der Waals surface area contributed by atoms with Gasteiger partial charge in [-0.15, -0.1) is 0 Å². The predicted octanol–water partition coefficient (Wildman–Crippen LogP) is 3.86. The number of anilines is 3. The highest BCUT2D eigenvalue weighted by Crippen LogP contribution is 2.25. The summed E-state index contributed by atoms with van der Waals surface area (Å²) in [5.74, 6) is 1.46. The van der Waals surface area contributed by atoms with Gasteiger partial charge in [0.15, 0.2) is 0 Å². The molecule has 1 aromatic heterocycles. The van der Waals surface area contributed by atoms with E-state index in [1.807, 2.05) is 26.1 Å². The molecule has 3 nitrogen and oxygen atoms in total. The van der Waals surface area contributed by atoms with E-state index >= 15 is 0 Å². The van der Waals surface area contributed by atoms with Crippen molar-refractivity contribution >= 4 is 17.2 Å². The second-order valence-corrected chi connectivity index (χ2v) is 5.15. The summed E-state index contributed by atoms with van der Waals surface area (Å²) in [7, 11) is 2.02. The number of aromatic nitrogens is 1. The molecule has 0 unspecified atom stereocenters. The number of nitrogens with zero attached hydrogens (tertiary/aromatic N) is 2. The van der Waals surface area contributed by atoms with E-state index in [4.69, 9.17) is 5.73 Å². The number of benzene rings is 1. The molecule has 0 fully saturated rings. The highest BCUT2D eigenvalue weighted by Gasteiger charge is 2.07. The normalized spacial score (nSPS) is 10.8. The molecule has 1 heterocycles. The molecule has 0 aliphatic heterocycles. The Balaban J connectivity index is 2.27. The van der Waals surface area contributed by atoms with Gasteiger partial charge in [0.05, 0.1) is 11.4 Å². The van der Waals surface area contributed by atoms with Gasteiger partial charge in [0.25, 0.3) is 0 Å². The Kier molecular flexibility index (Phi) is 3.74. The van der Waals surface area contributed by atoms with Crippen LogP contribution < -0.4 is 10.6 Å². The van der Waals surface area contributed by atoms with Crippen LogP contribution in [0.2, 0.25) is 0 Å². The van der Waals surface area contributed by atoms with Gasteiger partial charge in [0, 0.05) is 12.7 Å². The van der Waals surface area contributed by atoms with Crippen molar-refractivity contribution in [3.63, 3.8) is 0 Å². The first-order valence-electron chi connectivity index (χ1n) is 6.56. The Morgan fingerprint density at radius 3 is 2.21 bits per heavy atom. The summed E-state index contributed by atoms with van der Waals surface area (Å²) in [6.07, 6.45) is 0. The van der Waals surface area contributed by atoms with Gasteiger partial charge in [-0.25, -0.2) is 4.98 Å². The first-order valence-corrected chi connectivity index (χ1v) is 6.56. The van der Waals surface area contributed by atoms with Crippen molar-refractivity contribution in [3.05, 3.63) is 47.7 Å². The van der Waals surface area contributed by atoms with Crippen LogP contribution in [0.25, 0.3) is 0 Å². The van der Waals surface area contributed by atoms with Crippen LogP contribution in [0.4, 0.5) is 17.2 Å². The minimum Gasteiger partial charge on any atom is -0.397 e. The molecule has 0 radical (unpaired) electrons. The molecule has 2 N–H and O–H groups in total. The summed E-state index contributed by atoms with van der Waals surface area (Å²) in [6, 6.07) is 12.4. The fourth-order valence-electron chi connectivity index (χ4n) is 1.96. The molecule has 0 saturated heterocycles. The van der Waals surface area contributed by atoms with E-state index in [1.54, 1.807) is 0 Å². The molecule has 3 heteroatoms. The summed E-state index contributed by atoms with van der Waals surface area (Å²) in [6.45, 7) is 6.32. The number of pyridine rings is 1. The number of hydrogen-bond donors (Lipinski definition) is 1. The van der Waals surface area contributed by atoms with E-state index in [2.05, 4.69) is 48.0 Å². The van der Waals surface area contributed by atoms with Crippen molar-refractivity contribution in [3.8, 4) is 0 Å². The zero-order chi connectivity index (χ0) is 14.0. The summed E-state index contributed by atoms with van der Waals surface area (Å²) < 4.78 is 0. The second-order valence-electron chi connectivity index (χ2n) is 5.15. The quantitative estimate of drug-likeness (QED) is 0.905. The van der Waals surface area contributed by atoms with Gasteiger partial charge in [-0.05, 0) is 42.7 Å². The van der Waals surface area contributed by atoms with Gasteiger partial charge in [-0.3, -0.25) is 0 Å². The molecule has 2 rings (SSSR count). The van der Waals surface area contributed by atoms with Crippen molar-refractivity contribution in [1.29, 1.82) is 0 Å². The van der Waals surface area contributed by atoms with E-state index in [1.165, 1.54) is 5.56 Å². The lowest BCUT2D eigenvalue weighted by Gasteiger charge is -2.20. The Morgan fingerprint density at radius 2 is 1.68 bits per heavy atom. The van der Waals surface area contributed by atoms with Crippen molar-refractivity contribution in [1.82, 2.24) is 4.98 Å². The van der Waals surface area contributed by atoms with Crippen LogP contribution in [0.1, 0.15) is 31.0 Å². The first kappa shape index (κ1) is 13.4. The van der Waals surface area contributed by atoms with E-state index < -0.39 is 0 Å². The molecule has 0 aliphatic rings. The van der Waals surface area contributed by atoms with Crippen molar-refractivity contribution < 1.29 is 0 Å². The van der Waals surface area contributed by atoms with Crippen LogP contribution in [0.5, 0.6) is 0 Å². The zero-order valence-corrected chi connectivity index (χ0v) is 12.0. The minimum atomic E-state index is 0.552. The third-order valence-electron chi connectivity index (χ3n) is 3.40. The molecule has 0 aliphatic carbocycles. The van der Waals surface area contributed by atoms with Crippen LogP contribution in [0, 0.1) is 6.92 Å². The maximum atomic E-state index is 5.80. The minimum absolute atomic E-state index is 0.552. The smallest absolute Gasteiger partial charge is 0.133 e. The van der Waals surface area contributed by atoms with Gasteiger partial charge >= 0.3 is 0 Å². The van der Waals surface area contributed by atoms with Crippen LogP contribution in [-0.4, -0.2) is 12.0 Å². The third kappa shape index (κ3) is 2.87. The lowest BCUT2D eigenvalue weighted by Crippen LogP contribution is -2.12. The van der Waals surface area contributed by atoms with E-state index in [0.717, 1.165) is 22.9 Å². The molecule has 19 heavy (non-hydrogen) atoms. The average molecular weight is 255 g/mol. The average Bonchev–Trinajstić information content (AvgIpc) is 2.41. The summed E-state index contributed by atoms with van der Waals surface area (Å²) >= 11 is 0. The lowest BCUT2D eigenvalue weighted by molar-refractivity contribution is 0.866. The molecular weight excluding hydrogens is 234 g/mol. The summed E-state index contributed by atoms with van der Waals surface area (Å²) in [5.41, 5.74) is 9.86. The lowest BCUT2D eigenvalue weighted by atomic mass is 10.0. The van der Waals surface area contributed by atoms with Crippen molar-refractivity contribution in [2.45, 2.75) is 26.7 Å². The Morgan fingerprint density at radius 1 is 1.05 bits per heavy atom. The Bertz CT molecular complexity index is 559. The summed E-state index contributed by atoms with van der Waals surface area (Å²) in [5, 5.41) is 0. The molecule has 100 valence electrons. The SMILES string of the molecule is Cc1nc(N(C)c2ccc(C(C)C)cc2)ccc1N. The Labute approximate surface area is 115 Å². The van der Waals surface area contributed by atoms with Gasteiger partial charge in [-0.1, -0.05) is 26.0 Å². The van der Waals surface area contributed by atoms with E-state index in [0.29, 0.717) is 5.92 Å². The molecule has 0 amide bonds. The topological polar surface area (TPSA) is 42.2 Å². The van der Waals surface area contributed by atoms with Crippen LogP contribution >= 0.6 is 0 Å². The fraction of sp³-hybridized carbons (Fsp3) is 0.312. The standard InChI is InChI=1S/C16H21N3/c1-11(2)13-5-7-14(8-6-13)19(4)16-10-9-15(17)12(3)18-16/h5-11H,17H2,1-4H3. The van der Waals surface area contributed by atoms with Gasteiger partial charge < -0.3 is 10.6 Å². The highest BCUT2D eigenvalue weighted by atomic mass is 15.2. The first-order chi connectivity index (χ1) is 8.99. The van der Waals surface area contributed by atoms with Crippen LogP contribution in [0.15, 0.2) is 36.4 Å². The van der Waals surface area contributed by atoms with Gasteiger partial charge in [-0.2, -0.15) is 0 Å². The number of rotatable bonds is 3. The molecule has 0 spiro atoms. The maximum Gasteiger partial charge on any atom is 0.133 e. The third-order valence-corrected chi connectivity index (χ3v) is 3.40. The molecule has 0 saturated carbocycles.